The Morgan fingerprint density at radius 3 is 1.91 bits per heavy atom. The summed E-state index contributed by atoms with van der Waals surface area (Å²) >= 11 is 0. The van der Waals surface area contributed by atoms with E-state index >= 15 is 0 Å². The van der Waals surface area contributed by atoms with Crippen molar-refractivity contribution in [3.63, 3.8) is 0 Å². The molecular weight excluding hydrogens is 280 g/mol. The van der Waals surface area contributed by atoms with Crippen molar-refractivity contribution in [1.29, 1.82) is 0 Å². The molecule has 22 heavy (non-hydrogen) atoms. The van der Waals surface area contributed by atoms with Gasteiger partial charge in [-0.3, -0.25) is 4.79 Å². The first-order valence-electron chi connectivity index (χ1n) is 7.13. The summed E-state index contributed by atoms with van der Waals surface area (Å²) < 4.78 is 10.6. The molecule has 2 aromatic rings. The smallest absolute Gasteiger partial charge is 0.307 e. The van der Waals surface area contributed by atoms with Crippen molar-refractivity contribution in [3.8, 4) is 11.5 Å². The molecule has 1 aliphatic rings. The molecule has 3 rings (SSSR count). The van der Waals surface area contributed by atoms with Crippen LogP contribution in [0.4, 0.5) is 0 Å². The summed E-state index contributed by atoms with van der Waals surface area (Å²) in [6, 6.07) is 15.3. The summed E-state index contributed by atoms with van der Waals surface area (Å²) in [6.45, 7) is 0. The van der Waals surface area contributed by atoms with Crippen LogP contribution in [0.3, 0.4) is 0 Å². The van der Waals surface area contributed by atoms with Gasteiger partial charge in [-0.05, 0) is 41.8 Å². The second-order valence-electron chi connectivity index (χ2n) is 5.53. The molecule has 0 bridgehead atoms. The Labute approximate surface area is 129 Å². The summed E-state index contributed by atoms with van der Waals surface area (Å²) in [7, 11) is 3.22. The lowest BCUT2D eigenvalue weighted by Gasteiger charge is -2.19. The van der Waals surface area contributed by atoms with Crippen LogP contribution in [0.1, 0.15) is 17.5 Å². The van der Waals surface area contributed by atoms with Gasteiger partial charge >= 0.3 is 5.97 Å². The molecule has 4 heteroatoms. The van der Waals surface area contributed by atoms with E-state index in [1.807, 2.05) is 48.5 Å². The predicted molar refractivity (Wildman–Crippen MR) is 82.5 cm³/mol. The van der Waals surface area contributed by atoms with Crippen LogP contribution in [0.2, 0.25) is 0 Å². The molecule has 0 amide bonds. The maximum atomic E-state index is 11.6. The van der Waals surface area contributed by atoms with Gasteiger partial charge in [-0.2, -0.15) is 0 Å². The van der Waals surface area contributed by atoms with E-state index in [9.17, 15) is 9.90 Å². The first-order valence-corrected chi connectivity index (χ1v) is 7.13. The molecule has 0 aliphatic heterocycles. The maximum Gasteiger partial charge on any atom is 0.307 e. The fourth-order valence-electron chi connectivity index (χ4n) is 3.17. The monoisotopic (exact) mass is 298 g/mol. The zero-order valence-corrected chi connectivity index (χ0v) is 12.6. The number of hydrogen-bond donors (Lipinski definition) is 1. The lowest BCUT2D eigenvalue weighted by molar-refractivity contribution is -0.138. The summed E-state index contributed by atoms with van der Waals surface area (Å²) in [4.78, 5) is 11.6. The van der Waals surface area contributed by atoms with Crippen molar-refractivity contribution in [2.45, 2.75) is 11.8 Å². The Hall–Kier alpha value is -2.49. The van der Waals surface area contributed by atoms with Crippen molar-refractivity contribution < 1.29 is 19.4 Å². The molecule has 0 spiro atoms. The molecule has 0 aromatic heterocycles. The van der Waals surface area contributed by atoms with Crippen molar-refractivity contribution in [2.75, 3.05) is 14.2 Å². The molecule has 4 nitrogen and oxygen atoms in total. The number of carbonyl (C=O) groups is 1. The van der Waals surface area contributed by atoms with Gasteiger partial charge in [-0.15, -0.1) is 0 Å². The molecule has 1 atom stereocenters. The Morgan fingerprint density at radius 2 is 1.55 bits per heavy atom. The maximum absolute atomic E-state index is 11.6. The number of hydrogen-bond acceptors (Lipinski definition) is 3. The number of methoxy groups -OCH3 is 2. The van der Waals surface area contributed by atoms with Crippen LogP contribution in [0.15, 0.2) is 48.5 Å². The van der Waals surface area contributed by atoms with Gasteiger partial charge in [-0.25, -0.2) is 0 Å². The van der Waals surface area contributed by atoms with E-state index < -0.39 is 17.3 Å². The topological polar surface area (TPSA) is 55.8 Å². The number of carboxylic acid groups (broad SMARTS) is 1. The minimum absolute atomic E-state index is 0.424. The Balaban J connectivity index is 2.11. The average molecular weight is 298 g/mol. The average Bonchev–Trinajstić information content (AvgIpc) is 3.32. The minimum Gasteiger partial charge on any atom is -0.497 e. The number of rotatable bonds is 5. The van der Waals surface area contributed by atoms with Gasteiger partial charge in [0, 0.05) is 5.41 Å². The van der Waals surface area contributed by atoms with E-state index in [-0.39, 0.29) is 0 Å². The lowest BCUT2D eigenvalue weighted by atomic mass is 9.85. The highest BCUT2D eigenvalue weighted by molar-refractivity contribution is 5.79. The summed E-state index contributed by atoms with van der Waals surface area (Å²) in [6.07, 6.45) is 0.586. The second-order valence-corrected chi connectivity index (χ2v) is 5.53. The van der Waals surface area contributed by atoms with Crippen LogP contribution in [-0.4, -0.2) is 25.3 Å². The number of benzene rings is 2. The van der Waals surface area contributed by atoms with Gasteiger partial charge in [-0.1, -0.05) is 24.3 Å². The van der Waals surface area contributed by atoms with Crippen molar-refractivity contribution in [2.24, 2.45) is 5.92 Å². The molecule has 0 unspecified atom stereocenters. The Kier molecular flexibility index (Phi) is 3.53. The highest BCUT2D eigenvalue weighted by Gasteiger charge is 2.60. The van der Waals surface area contributed by atoms with Gasteiger partial charge in [0.2, 0.25) is 0 Å². The molecule has 114 valence electrons. The van der Waals surface area contributed by atoms with Gasteiger partial charge in [0.25, 0.3) is 0 Å². The predicted octanol–water partition coefficient (Wildman–Crippen LogP) is 3.09. The molecule has 2 aromatic carbocycles. The zero-order chi connectivity index (χ0) is 15.7. The molecule has 1 saturated carbocycles. The summed E-state index contributed by atoms with van der Waals surface area (Å²) in [5.74, 6) is 0.268. The second kappa shape index (κ2) is 5.37. The van der Waals surface area contributed by atoms with Crippen LogP contribution in [0.5, 0.6) is 11.5 Å². The van der Waals surface area contributed by atoms with E-state index in [2.05, 4.69) is 0 Å². The van der Waals surface area contributed by atoms with Gasteiger partial charge in [0.15, 0.2) is 0 Å². The van der Waals surface area contributed by atoms with Gasteiger partial charge < -0.3 is 14.6 Å². The Bertz CT molecular complexity index is 660. The standard InChI is InChI=1S/C18H18O4/c1-21-14-7-3-5-12(9-14)18(11-16(18)17(19)20)13-6-4-8-15(10-13)22-2/h3-10,16H,11H2,1-2H3,(H,19,20)/t16-/m1/s1. The quantitative estimate of drug-likeness (QED) is 0.921. The number of ether oxygens (including phenoxy) is 2. The van der Waals surface area contributed by atoms with Crippen LogP contribution >= 0.6 is 0 Å². The lowest BCUT2D eigenvalue weighted by Crippen LogP contribution is -2.17. The van der Waals surface area contributed by atoms with Crippen molar-refractivity contribution in [1.82, 2.24) is 0 Å². The largest absolute Gasteiger partial charge is 0.497 e. The van der Waals surface area contributed by atoms with Gasteiger partial charge in [0.1, 0.15) is 11.5 Å². The molecule has 1 aliphatic carbocycles. The first-order chi connectivity index (χ1) is 10.6. The van der Waals surface area contributed by atoms with E-state index in [1.54, 1.807) is 14.2 Å². The summed E-state index contributed by atoms with van der Waals surface area (Å²) in [5, 5.41) is 9.50. The van der Waals surface area contributed by atoms with E-state index in [4.69, 9.17) is 9.47 Å². The third-order valence-electron chi connectivity index (χ3n) is 4.43. The van der Waals surface area contributed by atoms with Crippen LogP contribution in [-0.2, 0) is 10.2 Å². The highest BCUT2D eigenvalue weighted by atomic mass is 16.5. The highest BCUT2D eigenvalue weighted by Crippen LogP contribution is 2.59. The number of aliphatic carboxylic acids is 1. The van der Waals surface area contributed by atoms with Crippen molar-refractivity contribution in [3.05, 3.63) is 59.7 Å². The van der Waals surface area contributed by atoms with E-state index in [0.717, 1.165) is 22.6 Å². The third kappa shape index (κ3) is 2.21. The third-order valence-corrected chi connectivity index (χ3v) is 4.43. The molecule has 1 fully saturated rings. The SMILES string of the molecule is COc1cccc(C2(c3cccc(OC)c3)C[C@@H]2C(=O)O)c1. The fraction of sp³-hybridized carbons (Fsp3) is 0.278. The summed E-state index contributed by atoms with van der Waals surface area (Å²) in [5.41, 5.74) is 1.43. The first kappa shape index (κ1) is 14.4. The molecule has 0 heterocycles. The fourth-order valence-corrected chi connectivity index (χ4v) is 3.17. The van der Waals surface area contributed by atoms with Crippen LogP contribution in [0, 0.1) is 5.92 Å². The van der Waals surface area contributed by atoms with Crippen molar-refractivity contribution >= 4 is 5.97 Å². The zero-order valence-electron chi connectivity index (χ0n) is 12.6. The Morgan fingerprint density at radius 1 is 1.05 bits per heavy atom. The van der Waals surface area contributed by atoms with Crippen LogP contribution in [0.25, 0.3) is 0 Å². The van der Waals surface area contributed by atoms with Crippen LogP contribution < -0.4 is 9.47 Å². The normalized spacial score (nSPS) is 18.5. The number of carboxylic acids is 1. The molecular formula is C18H18O4. The van der Waals surface area contributed by atoms with Gasteiger partial charge in [0.05, 0.1) is 20.1 Å². The molecule has 0 radical (unpaired) electrons. The van der Waals surface area contributed by atoms with E-state index in [1.165, 1.54) is 0 Å². The van der Waals surface area contributed by atoms with E-state index in [0.29, 0.717) is 6.42 Å². The minimum atomic E-state index is -0.773. The molecule has 1 N–H and O–H groups in total. The molecule has 0 saturated heterocycles.